The molecule has 1 spiro atoms. The second-order valence-corrected chi connectivity index (χ2v) is 4.06. The summed E-state index contributed by atoms with van der Waals surface area (Å²) in [6.07, 6.45) is 0.381. The molecule has 6 heteroatoms. The lowest BCUT2D eigenvalue weighted by Gasteiger charge is -2.21. The molecule has 0 amide bonds. The lowest BCUT2D eigenvalue weighted by Crippen LogP contribution is -2.89. The first-order chi connectivity index (χ1) is 7.16. The zero-order valence-electron chi connectivity index (χ0n) is 7.91. The topological polar surface area (TPSA) is 106 Å². The molecule has 0 aromatic heterocycles. The molecule has 3 N–H and O–H groups in total. The molecule has 1 saturated carbocycles. The van der Waals surface area contributed by atoms with E-state index in [0.29, 0.717) is 19.6 Å². The molecule has 2 atom stereocenters. The fourth-order valence-electron chi connectivity index (χ4n) is 2.60. The van der Waals surface area contributed by atoms with Crippen molar-refractivity contribution in [2.24, 2.45) is 16.6 Å². The summed E-state index contributed by atoms with van der Waals surface area (Å²) in [6, 6.07) is 4.23. The monoisotopic (exact) mass is 205 g/mol. The van der Waals surface area contributed by atoms with E-state index in [0.717, 1.165) is 0 Å². The molecule has 0 aromatic carbocycles. The summed E-state index contributed by atoms with van der Waals surface area (Å²) >= 11 is 0. The van der Waals surface area contributed by atoms with Gasteiger partial charge in [0, 0.05) is 6.42 Å². The van der Waals surface area contributed by atoms with Gasteiger partial charge in [0.05, 0.1) is 25.4 Å². The molecule has 0 aromatic rings. The van der Waals surface area contributed by atoms with E-state index in [-0.39, 0.29) is 5.84 Å². The fraction of sp³-hybridized carbons (Fsp3) is 0.667. The zero-order valence-corrected chi connectivity index (χ0v) is 7.91. The van der Waals surface area contributed by atoms with E-state index in [1.807, 2.05) is 0 Å². The minimum absolute atomic E-state index is 0.286. The van der Waals surface area contributed by atoms with E-state index in [1.54, 1.807) is 0 Å². The number of nitrogens with zero attached hydrogens (tertiary/aromatic N) is 2. The average molecular weight is 205 g/mol. The Hall–Kier alpha value is -1.63. The van der Waals surface area contributed by atoms with Crippen LogP contribution in [-0.4, -0.2) is 25.0 Å². The van der Waals surface area contributed by atoms with Gasteiger partial charge in [0.2, 0.25) is 0 Å². The zero-order chi connectivity index (χ0) is 10.7. The molecule has 0 radical (unpaired) electrons. The van der Waals surface area contributed by atoms with E-state index in [1.165, 1.54) is 0 Å². The van der Waals surface area contributed by atoms with Gasteiger partial charge in [0.1, 0.15) is 0 Å². The number of nitrogens with one attached hydrogen (secondary N) is 1. The van der Waals surface area contributed by atoms with Crippen LogP contribution >= 0.6 is 0 Å². The summed E-state index contributed by atoms with van der Waals surface area (Å²) in [5.41, 5.74) is 3.84. The maximum absolute atomic E-state index is 9.24. The van der Waals surface area contributed by atoms with Gasteiger partial charge in [-0.25, -0.2) is 4.99 Å². The highest BCUT2D eigenvalue weighted by Gasteiger charge is 2.91. The summed E-state index contributed by atoms with van der Waals surface area (Å²) in [6.45, 7) is 0.816. The summed E-state index contributed by atoms with van der Waals surface area (Å²) in [5, 5.41) is 18.4. The fourth-order valence-corrected chi connectivity index (χ4v) is 2.60. The molecule has 1 saturated heterocycles. The number of fused-ring (bicyclic) bond motifs is 2. The summed E-state index contributed by atoms with van der Waals surface area (Å²) in [7, 11) is 0. The first-order valence-corrected chi connectivity index (χ1v) is 4.68. The molecule has 3 aliphatic rings. The molecule has 1 aliphatic carbocycles. The van der Waals surface area contributed by atoms with Gasteiger partial charge in [-0.1, -0.05) is 0 Å². The van der Waals surface area contributed by atoms with Crippen molar-refractivity contribution in [2.45, 2.75) is 12.3 Å². The molecule has 6 nitrogen and oxygen atoms in total. The smallest absolute Gasteiger partial charge is 0.311 e. The van der Waals surface area contributed by atoms with E-state index < -0.39 is 16.7 Å². The van der Waals surface area contributed by atoms with Crippen molar-refractivity contribution in [3.8, 4) is 12.1 Å². The van der Waals surface area contributed by atoms with Crippen LogP contribution in [0, 0.1) is 33.5 Å². The van der Waals surface area contributed by atoms with Crippen LogP contribution in [-0.2, 0) is 9.47 Å². The normalized spacial score (nSPS) is 44.3. The van der Waals surface area contributed by atoms with Crippen LogP contribution in [0.4, 0.5) is 0 Å². The van der Waals surface area contributed by atoms with E-state index in [4.69, 9.17) is 20.5 Å². The van der Waals surface area contributed by atoms with Crippen LogP contribution in [0.1, 0.15) is 6.42 Å². The molecule has 2 fully saturated rings. The molecule has 3 rings (SSSR count). The molecule has 0 unspecified atom stereocenters. The summed E-state index contributed by atoms with van der Waals surface area (Å²) in [5.74, 6) is -0.907. The van der Waals surface area contributed by atoms with Gasteiger partial charge < -0.3 is 9.47 Å². The number of hydrogen-bond acceptors (Lipinski definition) is 5. The predicted octanol–water partition coefficient (Wildman–Crippen LogP) is -2.44. The molecule has 15 heavy (non-hydrogen) atoms. The van der Waals surface area contributed by atoms with Crippen molar-refractivity contribution in [2.75, 3.05) is 13.2 Å². The minimum atomic E-state index is -1.19. The van der Waals surface area contributed by atoms with Crippen LogP contribution < -0.4 is 10.7 Å². The van der Waals surface area contributed by atoms with Gasteiger partial charge in [-0.3, -0.25) is 5.73 Å². The van der Waals surface area contributed by atoms with Gasteiger partial charge in [0.15, 0.2) is 10.8 Å². The second-order valence-electron chi connectivity index (χ2n) is 4.06. The van der Waals surface area contributed by atoms with Crippen LogP contribution in [0.15, 0.2) is 0 Å². The Labute approximate surface area is 85.9 Å². The third-order valence-corrected chi connectivity index (χ3v) is 3.53. The maximum Gasteiger partial charge on any atom is 0.342 e. The van der Waals surface area contributed by atoms with Gasteiger partial charge in [0.25, 0.3) is 5.84 Å². The van der Waals surface area contributed by atoms with Crippen LogP contribution in [0.3, 0.4) is 0 Å². The predicted molar refractivity (Wildman–Crippen MR) is 45.5 cm³/mol. The standard InChI is InChI=1S/C9H8N4O2/c10-4-7-3-8(7,5-11)9(13-6(7)12)14-1-2-15-9/h1-3H2,(H2,12,13)/p+1/t7-,8-/m1/s1. The van der Waals surface area contributed by atoms with Crippen LogP contribution in [0.5, 0.6) is 0 Å². The highest BCUT2D eigenvalue weighted by atomic mass is 16.8. The molecule has 0 bridgehead atoms. The summed E-state index contributed by atoms with van der Waals surface area (Å²) in [4.78, 5) is 2.82. The third kappa shape index (κ3) is 0.619. The number of ether oxygens (including phenoxy) is 2. The number of amidine groups is 1. The molecular formula is C9H9N4O2+. The Morgan fingerprint density at radius 1 is 1.27 bits per heavy atom. The van der Waals surface area contributed by atoms with E-state index in [2.05, 4.69) is 17.1 Å². The lowest BCUT2D eigenvalue weighted by atomic mass is 9.94. The molecule has 2 aliphatic heterocycles. The van der Waals surface area contributed by atoms with E-state index in [9.17, 15) is 5.26 Å². The van der Waals surface area contributed by atoms with Crippen molar-refractivity contribution < 1.29 is 14.5 Å². The van der Waals surface area contributed by atoms with Crippen molar-refractivity contribution in [3.63, 3.8) is 0 Å². The first-order valence-electron chi connectivity index (χ1n) is 4.68. The third-order valence-electron chi connectivity index (χ3n) is 3.53. The highest BCUT2D eigenvalue weighted by Crippen LogP contribution is 2.69. The minimum Gasteiger partial charge on any atom is -0.311 e. The lowest BCUT2D eigenvalue weighted by molar-refractivity contribution is -0.675. The van der Waals surface area contributed by atoms with Crippen LogP contribution in [0.25, 0.3) is 0 Å². The Bertz CT molecular complexity index is 454. The first kappa shape index (κ1) is 8.66. The largest absolute Gasteiger partial charge is 0.342 e. The Balaban J connectivity index is 2.17. The van der Waals surface area contributed by atoms with Crippen molar-refractivity contribution in [3.05, 3.63) is 0 Å². The summed E-state index contributed by atoms with van der Waals surface area (Å²) < 4.78 is 10.9. The van der Waals surface area contributed by atoms with Gasteiger partial charge in [-0.05, 0) is 0 Å². The molecule has 76 valence electrons. The van der Waals surface area contributed by atoms with Crippen molar-refractivity contribution in [1.29, 1.82) is 10.5 Å². The maximum atomic E-state index is 9.24. The quantitative estimate of drug-likeness (QED) is 0.457. The van der Waals surface area contributed by atoms with Gasteiger partial charge in [-0.15, -0.1) is 0 Å². The van der Waals surface area contributed by atoms with Gasteiger partial charge in [-0.2, -0.15) is 10.5 Å². The average Bonchev–Trinajstić information content (AvgIpc) is 2.67. The molecular weight excluding hydrogens is 196 g/mol. The second kappa shape index (κ2) is 2.13. The Morgan fingerprint density at radius 3 is 2.40 bits per heavy atom. The Morgan fingerprint density at radius 2 is 1.93 bits per heavy atom. The van der Waals surface area contributed by atoms with E-state index >= 15 is 0 Å². The number of rotatable bonds is 0. The number of nitriles is 2. The Kier molecular flexibility index (Phi) is 1.23. The SMILES string of the molecule is N#C[C@@]12C[C@]1(C#N)C1([NH+]=C2N)OCCO1. The highest BCUT2D eigenvalue weighted by molar-refractivity contribution is 5.92. The van der Waals surface area contributed by atoms with Gasteiger partial charge >= 0.3 is 5.91 Å². The van der Waals surface area contributed by atoms with Crippen LogP contribution in [0.2, 0.25) is 0 Å². The van der Waals surface area contributed by atoms with Crippen molar-refractivity contribution >= 4 is 5.84 Å². The molecule has 2 heterocycles. The number of nitrogens with two attached hydrogens (primary N) is 1. The van der Waals surface area contributed by atoms with Crippen molar-refractivity contribution in [1.82, 2.24) is 0 Å². The number of hydrogen-bond donors (Lipinski definition) is 2.